The van der Waals surface area contributed by atoms with E-state index in [2.05, 4.69) is 43.2 Å². The lowest BCUT2D eigenvalue weighted by Gasteiger charge is -2.33. The SMILES string of the molecule is Cc1ccc(Cn2nc(C)c(C(=O)N3CCCCC3C)c2Cl)cc1. The van der Waals surface area contributed by atoms with E-state index >= 15 is 0 Å². The van der Waals surface area contributed by atoms with Crippen LogP contribution in [0.25, 0.3) is 0 Å². The van der Waals surface area contributed by atoms with Crippen LogP contribution in [0.5, 0.6) is 0 Å². The van der Waals surface area contributed by atoms with Gasteiger partial charge in [-0.3, -0.25) is 4.79 Å². The Morgan fingerprint density at radius 1 is 1.25 bits per heavy atom. The van der Waals surface area contributed by atoms with Gasteiger partial charge in [-0.05, 0) is 45.6 Å². The summed E-state index contributed by atoms with van der Waals surface area (Å²) in [6.45, 7) is 7.41. The number of benzene rings is 1. The van der Waals surface area contributed by atoms with E-state index < -0.39 is 0 Å². The van der Waals surface area contributed by atoms with Crippen molar-refractivity contribution in [3.8, 4) is 0 Å². The summed E-state index contributed by atoms with van der Waals surface area (Å²) in [7, 11) is 0. The third-order valence-corrected chi connectivity index (χ3v) is 5.18. The van der Waals surface area contributed by atoms with Crippen LogP contribution in [-0.4, -0.2) is 33.2 Å². The van der Waals surface area contributed by atoms with Crippen molar-refractivity contribution in [3.63, 3.8) is 0 Å². The van der Waals surface area contributed by atoms with Crippen molar-refractivity contribution in [3.05, 3.63) is 51.8 Å². The molecule has 0 saturated carbocycles. The Labute approximate surface area is 148 Å². The molecule has 2 heterocycles. The maximum absolute atomic E-state index is 13.0. The Kier molecular flexibility index (Phi) is 4.95. The number of piperidine rings is 1. The summed E-state index contributed by atoms with van der Waals surface area (Å²) in [5, 5.41) is 4.95. The Balaban J connectivity index is 1.86. The summed E-state index contributed by atoms with van der Waals surface area (Å²) in [6, 6.07) is 8.54. The van der Waals surface area contributed by atoms with Crippen LogP contribution in [0.15, 0.2) is 24.3 Å². The molecule has 128 valence electrons. The first kappa shape index (κ1) is 17.0. The number of amides is 1. The van der Waals surface area contributed by atoms with Crippen molar-refractivity contribution < 1.29 is 4.79 Å². The van der Waals surface area contributed by atoms with Gasteiger partial charge in [0.05, 0.1) is 17.8 Å². The molecule has 1 saturated heterocycles. The highest BCUT2D eigenvalue weighted by Gasteiger charge is 2.29. The Morgan fingerprint density at radius 3 is 2.62 bits per heavy atom. The third-order valence-electron chi connectivity index (χ3n) is 4.80. The van der Waals surface area contributed by atoms with Crippen LogP contribution in [-0.2, 0) is 6.54 Å². The third kappa shape index (κ3) is 3.34. The minimum Gasteiger partial charge on any atom is -0.336 e. The van der Waals surface area contributed by atoms with E-state index in [1.165, 1.54) is 12.0 Å². The lowest BCUT2D eigenvalue weighted by atomic mass is 10.0. The van der Waals surface area contributed by atoms with Crippen molar-refractivity contribution >= 4 is 17.5 Å². The molecule has 0 radical (unpaired) electrons. The van der Waals surface area contributed by atoms with E-state index in [1.807, 2.05) is 11.8 Å². The van der Waals surface area contributed by atoms with Crippen LogP contribution in [0.4, 0.5) is 0 Å². The van der Waals surface area contributed by atoms with Crippen LogP contribution < -0.4 is 0 Å². The molecule has 3 rings (SSSR count). The molecule has 1 aromatic carbocycles. The first-order valence-electron chi connectivity index (χ1n) is 8.57. The van der Waals surface area contributed by atoms with Crippen LogP contribution in [0.1, 0.15) is 53.4 Å². The molecule has 24 heavy (non-hydrogen) atoms. The number of aryl methyl sites for hydroxylation is 2. The maximum Gasteiger partial charge on any atom is 0.259 e. The van der Waals surface area contributed by atoms with Gasteiger partial charge in [0.2, 0.25) is 0 Å². The number of nitrogens with zero attached hydrogens (tertiary/aromatic N) is 3. The van der Waals surface area contributed by atoms with Gasteiger partial charge in [0, 0.05) is 12.6 Å². The fourth-order valence-corrected chi connectivity index (χ4v) is 3.63. The fourth-order valence-electron chi connectivity index (χ4n) is 3.31. The van der Waals surface area contributed by atoms with Gasteiger partial charge >= 0.3 is 0 Å². The van der Waals surface area contributed by atoms with Crippen molar-refractivity contribution in [2.75, 3.05) is 6.54 Å². The average Bonchev–Trinajstić information content (AvgIpc) is 2.83. The normalized spacial score (nSPS) is 18.0. The number of rotatable bonds is 3. The lowest BCUT2D eigenvalue weighted by molar-refractivity contribution is 0.0635. The Bertz CT molecular complexity index is 736. The van der Waals surface area contributed by atoms with Gasteiger partial charge in [0.15, 0.2) is 0 Å². The number of carbonyl (C=O) groups excluding carboxylic acids is 1. The summed E-state index contributed by atoms with van der Waals surface area (Å²) in [5.74, 6) is 0.0138. The molecule has 1 aliphatic heterocycles. The summed E-state index contributed by atoms with van der Waals surface area (Å²) in [4.78, 5) is 14.9. The highest BCUT2D eigenvalue weighted by atomic mass is 35.5. The monoisotopic (exact) mass is 345 g/mol. The first-order valence-corrected chi connectivity index (χ1v) is 8.94. The van der Waals surface area contributed by atoms with Crippen molar-refractivity contribution in [2.24, 2.45) is 0 Å². The van der Waals surface area contributed by atoms with E-state index in [0.717, 1.165) is 24.9 Å². The van der Waals surface area contributed by atoms with Crippen LogP contribution in [0.2, 0.25) is 5.15 Å². The molecule has 4 nitrogen and oxygen atoms in total. The zero-order valence-electron chi connectivity index (χ0n) is 14.6. The number of hydrogen-bond donors (Lipinski definition) is 0. The average molecular weight is 346 g/mol. The Hall–Kier alpha value is -1.81. The molecule has 2 aromatic rings. The molecule has 1 aliphatic rings. The molecule has 1 amide bonds. The molecule has 5 heteroatoms. The summed E-state index contributed by atoms with van der Waals surface area (Å²) >= 11 is 6.53. The number of aromatic nitrogens is 2. The minimum atomic E-state index is 0.0138. The molecule has 1 unspecified atom stereocenters. The van der Waals surface area contributed by atoms with Crippen molar-refractivity contribution in [2.45, 2.75) is 52.6 Å². The molecular weight excluding hydrogens is 322 g/mol. The summed E-state index contributed by atoms with van der Waals surface area (Å²) < 4.78 is 1.73. The second-order valence-electron chi connectivity index (χ2n) is 6.74. The molecule has 1 aromatic heterocycles. The quantitative estimate of drug-likeness (QED) is 0.835. The van der Waals surface area contributed by atoms with Gasteiger partial charge in [-0.25, -0.2) is 4.68 Å². The highest BCUT2D eigenvalue weighted by Crippen LogP contribution is 2.26. The van der Waals surface area contributed by atoms with Gasteiger partial charge in [0.25, 0.3) is 5.91 Å². The van der Waals surface area contributed by atoms with Crippen LogP contribution >= 0.6 is 11.6 Å². The van der Waals surface area contributed by atoms with E-state index in [4.69, 9.17) is 11.6 Å². The molecule has 0 bridgehead atoms. The number of hydrogen-bond acceptors (Lipinski definition) is 2. The Morgan fingerprint density at radius 2 is 1.96 bits per heavy atom. The zero-order valence-corrected chi connectivity index (χ0v) is 15.3. The van der Waals surface area contributed by atoms with E-state index in [-0.39, 0.29) is 11.9 Å². The standard InChI is InChI=1S/C19H24ClN3O/c1-13-7-9-16(10-8-13)12-23-18(20)17(15(3)21-23)19(24)22-11-5-4-6-14(22)2/h7-10,14H,4-6,11-12H2,1-3H3. The molecule has 0 spiro atoms. The van der Waals surface area contributed by atoms with E-state index in [0.29, 0.717) is 23.0 Å². The van der Waals surface area contributed by atoms with Crippen LogP contribution in [0, 0.1) is 13.8 Å². The van der Waals surface area contributed by atoms with Gasteiger partial charge in [-0.15, -0.1) is 0 Å². The van der Waals surface area contributed by atoms with E-state index in [1.54, 1.807) is 4.68 Å². The molecule has 1 fully saturated rings. The predicted octanol–water partition coefficient (Wildman–Crippen LogP) is 4.22. The molecule has 1 atom stereocenters. The zero-order chi connectivity index (χ0) is 17.3. The molecular formula is C19H24ClN3O. The van der Waals surface area contributed by atoms with E-state index in [9.17, 15) is 4.79 Å². The maximum atomic E-state index is 13.0. The first-order chi connectivity index (χ1) is 11.5. The second-order valence-corrected chi connectivity index (χ2v) is 7.10. The lowest BCUT2D eigenvalue weighted by Crippen LogP contribution is -2.42. The van der Waals surface area contributed by atoms with Crippen molar-refractivity contribution in [1.82, 2.24) is 14.7 Å². The predicted molar refractivity (Wildman–Crippen MR) is 96.6 cm³/mol. The van der Waals surface area contributed by atoms with Gasteiger partial charge < -0.3 is 4.90 Å². The van der Waals surface area contributed by atoms with Gasteiger partial charge in [0.1, 0.15) is 5.15 Å². The molecule has 0 aliphatic carbocycles. The smallest absolute Gasteiger partial charge is 0.259 e. The van der Waals surface area contributed by atoms with Gasteiger partial charge in [-0.2, -0.15) is 5.10 Å². The second kappa shape index (κ2) is 6.98. The fraction of sp³-hybridized carbons (Fsp3) is 0.474. The molecule has 0 N–H and O–H groups in total. The number of carbonyl (C=O) groups is 1. The topological polar surface area (TPSA) is 38.1 Å². The number of likely N-dealkylation sites (tertiary alicyclic amines) is 1. The van der Waals surface area contributed by atoms with Crippen LogP contribution in [0.3, 0.4) is 0 Å². The van der Waals surface area contributed by atoms with Gasteiger partial charge in [-0.1, -0.05) is 41.4 Å². The largest absolute Gasteiger partial charge is 0.336 e. The summed E-state index contributed by atoms with van der Waals surface area (Å²) in [5.41, 5.74) is 3.60. The number of halogens is 1. The van der Waals surface area contributed by atoms with Crippen molar-refractivity contribution in [1.29, 1.82) is 0 Å². The minimum absolute atomic E-state index is 0.0138. The highest BCUT2D eigenvalue weighted by molar-refractivity contribution is 6.33. The summed E-state index contributed by atoms with van der Waals surface area (Å²) in [6.07, 6.45) is 3.30.